The van der Waals surface area contributed by atoms with Crippen LogP contribution >= 0.6 is 0 Å². The second-order valence-corrected chi connectivity index (χ2v) is 5.14. The van der Waals surface area contributed by atoms with Crippen molar-refractivity contribution in [2.45, 2.75) is 40.5 Å². The average molecular weight is 195 g/mol. The minimum atomic E-state index is -0.936. The molecule has 0 heterocycles. The summed E-state index contributed by atoms with van der Waals surface area (Å²) in [6.07, 6.45) is 4.27. The third kappa shape index (κ3) is 2.17. The van der Waals surface area contributed by atoms with E-state index in [4.69, 9.17) is 0 Å². The number of aliphatic carboxylic acids is 1. The van der Waals surface area contributed by atoms with E-state index in [1.165, 1.54) is 5.57 Å². The summed E-state index contributed by atoms with van der Waals surface area (Å²) in [6.45, 7) is 8.10. The van der Waals surface area contributed by atoms with Crippen LogP contribution in [0.3, 0.4) is 0 Å². The van der Waals surface area contributed by atoms with E-state index in [-0.39, 0.29) is 17.3 Å². The molecule has 0 radical (unpaired) electrons. The Kier molecular flexibility index (Phi) is 3.03. The Morgan fingerprint density at radius 2 is 2.21 bits per heavy atom. The summed E-state index contributed by atoms with van der Waals surface area (Å²) in [5, 5.41) is 10.9. The maximum atomic E-state index is 10.9. The minimum Gasteiger partial charge on any atom is -0.550 e. The van der Waals surface area contributed by atoms with Crippen molar-refractivity contribution in [3.63, 3.8) is 0 Å². The molecule has 0 aromatic carbocycles. The molecule has 1 rings (SSSR count). The lowest BCUT2D eigenvalue weighted by molar-refractivity contribution is -0.313. The van der Waals surface area contributed by atoms with Gasteiger partial charge in [0, 0.05) is 11.9 Å². The van der Waals surface area contributed by atoms with Crippen molar-refractivity contribution in [2.24, 2.45) is 17.3 Å². The van der Waals surface area contributed by atoms with Crippen LogP contribution in [0.4, 0.5) is 0 Å². The molecule has 0 amide bonds. The number of rotatable bonds is 2. The molecule has 0 N–H and O–H groups in total. The fourth-order valence-electron chi connectivity index (χ4n) is 2.27. The molecule has 80 valence electrons. The lowest BCUT2D eigenvalue weighted by Crippen LogP contribution is -2.40. The van der Waals surface area contributed by atoms with Crippen molar-refractivity contribution in [1.82, 2.24) is 0 Å². The van der Waals surface area contributed by atoms with Crippen molar-refractivity contribution < 1.29 is 9.90 Å². The largest absolute Gasteiger partial charge is 0.550 e. The summed E-state index contributed by atoms with van der Waals surface area (Å²) in [6, 6.07) is 0. The first-order valence-corrected chi connectivity index (χ1v) is 5.23. The molecule has 0 bridgehead atoms. The highest BCUT2D eigenvalue weighted by atomic mass is 16.4. The average Bonchev–Trinajstić information content (AvgIpc) is 2.08. The first kappa shape index (κ1) is 11.3. The van der Waals surface area contributed by atoms with Crippen LogP contribution in [-0.2, 0) is 4.79 Å². The Morgan fingerprint density at radius 1 is 1.64 bits per heavy atom. The van der Waals surface area contributed by atoms with E-state index in [1.54, 1.807) is 6.92 Å². The zero-order valence-electron chi connectivity index (χ0n) is 9.46. The quantitative estimate of drug-likeness (QED) is 0.630. The zero-order valence-corrected chi connectivity index (χ0v) is 9.46. The van der Waals surface area contributed by atoms with Crippen molar-refractivity contribution in [3.05, 3.63) is 11.6 Å². The lowest BCUT2D eigenvalue weighted by atomic mass is 9.66. The fraction of sp³-hybridized carbons (Fsp3) is 0.750. The number of allylic oxidation sites excluding steroid dienone is 2. The van der Waals surface area contributed by atoms with Crippen molar-refractivity contribution in [3.8, 4) is 0 Å². The molecule has 0 aromatic rings. The van der Waals surface area contributed by atoms with Crippen molar-refractivity contribution in [1.29, 1.82) is 0 Å². The van der Waals surface area contributed by atoms with E-state index < -0.39 is 5.97 Å². The Bertz CT molecular complexity index is 263. The molecule has 0 saturated carbocycles. The van der Waals surface area contributed by atoms with E-state index in [2.05, 4.69) is 26.8 Å². The smallest absolute Gasteiger partial charge is 0.0448 e. The topological polar surface area (TPSA) is 40.1 Å². The van der Waals surface area contributed by atoms with Gasteiger partial charge in [-0.05, 0) is 31.1 Å². The van der Waals surface area contributed by atoms with Gasteiger partial charge in [0.05, 0.1) is 0 Å². The summed E-state index contributed by atoms with van der Waals surface area (Å²) in [5.74, 6) is -1.21. The van der Waals surface area contributed by atoms with Gasteiger partial charge in [-0.3, -0.25) is 0 Å². The van der Waals surface area contributed by atoms with Crippen LogP contribution in [0.25, 0.3) is 0 Å². The van der Waals surface area contributed by atoms with Gasteiger partial charge in [-0.25, -0.2) is 0 Å². The van der Waals surface area contributed by atoms with Gasteiger partial charge in [-0.15, -0.1) is 0 Å². The van der Waals surface area contributed by atoms with E-state index >= 15 is 0 Å². The maximum Gasteiger partial charge on any atom is 0.0448 e. The number of hydrogen-bond donors (Lipinski definition) is 0. The molecule has 2 nitrogen and oxygen atoms in total. The molecule has 1 aliphatic rings. The second kappa shape index (κ2) is 3.76. The molecule has 2 unspecified atom stereocenters. The van der Waals surface area contributed by atoms with Gasteiger partial charge in [0.1, 0.15) is 0 Å². The first-order valence-electron chi connectivity index (χ1n) is 5.23. The lowest BCUT2D eigenvalue weighted by Gasteiger charge is -2.40. The number of carbonyl (C=O) groups is 1. The van der Waals surface area contributed by atoms with Crippen LogP contribution in [0.5, 0.6) is 0 Å². The Labute approximate surface area is 86.0 Å². The van der Waals surface area contributed by atoms with Crippen molar-refractivity contribution >= 4 is 5.97 Å². The van der Waals surface area contributed by atoms with Gasteiger partial charge in [-0.1, -0.05) is 32.4 Å². The molecule has 0 saturated heterocycles. The third-order valence-electron chi connectivity index (χ3n) is 3.44. The van der Waals surface area contributed by atoms with E-state index in [1.807, 2.05) is 0 Å². The molecular weight excluding hydrogens is 176 g/mol. The summed E-state index contributed by atoms with van der Waals surface area (Å²) in [5.41, 5.74) is 1.39. The summed E-state index contributed by atoms with van der Waals surface area (Å²) in [7, 11) is 0. The molecule has 2 atom stereocenters. The predicted molar refractivity (Wildman–Crippen MR) is 54.4 cm³/mol. The molecule has 0 aromatic heterocycles. The van der Waals surface area contributed by atoms with E-state index in [0.29, 0.717) is 0 Å². The molecule has 1 aliphatic carbocycles. The van der Waals surface area contributed by atoms with E-state index in [0.717, 1.165) is 12.8 Å². The van der Waals surface area contributed by atoms with Crippen molar-refractivity contribution in [2.75, 3.05) is 0 Å². The fourth-order valence-corrected chi connectivity index (χ4v) is 2.27. The Hall–Kier alpha value is -0.790. The Balaban J connectivity index is 2.92. The third-order valence-corrected chi connectivity index (χ3v) is 3.44. The number of carbonyl (C=O) groups excluding carboxylic acids is 1. The van der Waals surface area contributed by atoms with Gasteiger partial charge >= 0.3 is 0 Å². The SMILES string of the molecule is CC1=CC(C(C)C(=O)[O-])C(C)(C)CC1. The molecule has 14 heavy (non-hydrogen) atoms. The molecule has 0 spiro atoms. The monoisotopic (exact) mass is 195 g/mol. The Morgan fingerprint density at radius 3 is 2.71 bits per heavy atom. The maximum absolute atomic E-state index is 10.9. The highest BCUT2D eigenvalue weighted by molar-refractivity contribution is 5.68. The molecular formula is C12H19O2-. The van der Waals surface area contributed by atoms with Crippen LogP contribution in [0.1, 0.15) is 40.5 Å². The van der Waals surface area contributed by atoms with Crippen LogP contribution in [-0.4, -0.2) is 5.97 Å². The first-order chi connectivity index (χ1) is 6.34. The van der Waals surface area contributed by atoms with Gasteiger partial charge < -0.3 is 9.90 Å². The number of carboxylic acids is 1. The highest BCUT2D eigenvalue weighted by Gasteiger charge is 2.34. The molecule has 0 fully saturated rings. The summed E-state index contributed by atoms with van der Waals surface area (Å²) >= 11 is 0. The molecule has 2 heteroatoms. The van der Waals surface area contributed by atoms with Gasteiger partial charge in [0.2, 0.25) is 0 Å². The van der Waals surface area contributed by atoms with Crippen LogP contribution < -0.4 is 5.11 Å². The normalized spacial score (nSPS) is 28.0. The molecule has 0 aliphatic heterocycles. The van der Waals surface area contributed by atoms with Gasteiger partial charge in [0.25, 0.3) is 0 Å². The second-order valence-electron chi connectivity index (χ2n) is 5.14. The standard InChI is InChI=1S/C12H20O2/c1-8-5-6-12(3,4)10(7-8)9(2)11(13)14/h7,9-10H,5-6H2,1-4H3,(H,13,14)/p-1. The van der Waals surface area contributed by atoms with Crippen LogP contribution in [0.15, 0.2) is 11.6 Å². The van der Waals surface area contributed by atoms with Crippen LogP contribution in [0, 0.1) is 17.3 Å². The predicted octanol–water partition coefficient (Wildman–Crippen LogP) is 1.75. The summed E-state index contributed by atoms with van der Waals surface area (Å²) in [4.78, 5) is 10.9. The zero-order chi connectivity index (χ0) is 10.9. The van der Waals surface area contributed by atoms with Gasteiger partial charge in [-0.2, -0.15) is 0 Å². The van der Waals surface area contributed by atoms with E-state index in [9.17, 15) is 9.90 Å². The summed E-state index contributed by atoms with van der Waals surface area (Å²) < 4.78 is 0. The highest BCUT2D eigenvalue weighted by Crippen LogP contribution is 2.42. The number of hydrogen-bond acceptors (Lipinski definition) is 2. The minimum absolute atomic E-state index is 0.0823. The number of carboxylic acid groups (broad SMARTS) is 1. The van der Waals surface area contributed by atoms with Gasteiger partial charge in [0.15, 0.2) is 0 Å². The van der Waals surface area contributed by atoms with Crippen LogP contribution in [0.2, 0.25) is 0 Å².